The van der Waals surface area contributed by atoms with E-state index in [9.17, 15) is 5.11 Å². The molecular weight excluding hydrogens is 440 g/mol. The van der Waals surface area contributed by atoms with Gasteiger partial charge in [-0.2, -0.15) is 0 Å². The van der Waals surface area contributed by atoms with Crippen LogP contribution in [-0.2, 0) is 6.42 Å². The minimum atomic E-state index is -0.279. The molecular formula is C25H25BrN2O2. The minimum Gasteiger partial charge on any atom is -0.508 e. The molecule has 3 aromatic rings. The molecule has 5 heteroatoms. The van der Waals surface area contributed by atoms with Crippen molar-refractivity contribution in [2.75, 3.05) is 7.11 Å². The number of phenolic OH excluding ortho intramolecular Hbond substituents is 1. The number of aliphatic imine (C=N–C) groups is 1. The van der Waals surface area contributed by atoms with E-state index in [2.05, 4.69) is 52.4 Å². The first-order chi connectivity index (χ1) is 14.6. The molecule has 1 aliphatic rings. The van der Waals surface area contributed by atoms with Gasteiger partial charge in [-0.1, -0.05) is 65.3 Å². The van der Waals surface area contributed by atoms with E-state index in [1.807, 2.05) is 36.4 Å². The fourth-order valence-corrected chi connectivity index (χ4v) is 4.25. The Balaban J connectivity index is 1.78. The maximum Gasteiger partial charge on any atom is 0.129 e. The van der Waals surface area contributed by atoms with Crippen LogP contribution in [-0.4, -0.2) is 17.9 Å². The SMILES string of the molecule is CCc1ccc(C2=N[C@H](c3ccccc3OC)N[C@H](c3cc(Br)ccc3O)C2)cc1. The van der Waals surface area contributed by atoms with Crippen LogP contribution in [0, 0.1) is 0 Å². The first-order valence-corrected chi connectivity index (χ1v) is 10.9. The Labute approximate surface area is 185 Å². The highest BCUT2D eigenvalue weighted by molar-refractivity contribution is 9.10. The molecule has 1 heterocycles. The quantitative estimate of drug-likeness (QED) is 0.490. The number of hydrogen-bond donors (Lipinski definition) is 2. The van der Waals surface area contributed by atoms with Crippen LogP contribution in [0.25, 0.3) is 0 Å². The van der Waals surface area contributed by atoms with E-state index in [1.165, 1.54) is 5.56 Å². The number of methoxy groups -OCH3 is 1. The Morgan fingerprint density at radius 3 is 2.57 bits per heavy atom. The normalized spacial score (nSPS) is 18.7. The van der Waals surface area contributed by atoms with Gasteiger partial charge in [-0.15, -0.1) is 0 Å². The van der Waals surface area contributed by atoms with E-state index < -0.39 is 0 Å². The molecule has 0 radical (unpaired) electrons. The lowest BCUT2D eigenvalue weighted by molar-refractivity contribution is 0.381. The van der Waals surface area contributed by atoms with Crippen molar-refractivity contribution in [1.29, 1.82) is 0 Å². The zero-order valence-corrected chi connectivity index (χ0v) is 18.7. The number of phenols is 1. The molecule has 0 aliphatic carbocycles. The Kier molecular flexibility index (Phi) is 6.21. The van der Waals surface area contributed by atoms with Gasteiger partial charge in [-0.05, 0) is 41.8 Å². The van der Waals surface area contributed by atoms with Crippen LogP contribution < -0.4 is 10.1 Å². The number of aryl methyl sites for hydroxylation is 1. The molecule has 0 unspecified atom stereocenters. The molecule has 4 nitrogen and oxygen atoms in total. The van der Waals surface area contributed by atoms with Gasteiger partial charge >= 0.3 is 0 Å². The van der Waals surface area contributed by atoms with E-state index >= 15 is 0 Å². The molecule has 0 saturated carbocycles. The lowest BCUT2D eigenvalue weighted by Crippen LogP contribution is -2.33. The number of rotatable bonds is 5. The van der Waals surface area contributed by atoms with Crippen molar-refractivity contribution in [1.82, 2.24) is 5.32 Å². The fourth-order valence-electron chi connectivity index (χ4n) is 3.87. The van der Waals surface area contributed by atoms with Crippen LogP contribution in [0.1, 0.15) is 47.8 Å². The highest BCUT2D eigenvalue weighted by Gasteiger charge is 2.29. The molecule has 1 aliphatic heterocycles. The average Bonchev–Trinajstić information content (AvgIpc) is 2.80. The molecule has 154 valence electrons. The molecule has 4 rings (SSSR count). The zero-order valence-electron chi connectivity index (χ0n) is 17.1. The van der Waals surface area contributed by atoms with E-state index in [4.69, 9.17) is 9.73 Å². The van der Waals surface area contributed by atoms with Gasteiger partial charge < -0.3 is 9.84 Å². The zero-order chi connectivity index (χ0) is 21.1. The summed E-state index contributed by atoms with van der Waals surface area (Å²) >= 11 is 3.53. The number of aromatic hydroxyl groups is 1. The highest BCUT2D eigenvalue weighted by Crippen LogP contribution is 2.37. The van der Waals surface area contributed by atoms with Gasteiger partial charge in [0, 0.05) is 33.8 Å². The smallest absolute Gasteiger partial charge is 0.129 e. The molecule has 0 fully saturated rings. The second-order valence-corrected chi connectivity index (χ2v) is 8.31. The Bertz CT molecular complexity index is 1060. The van der Waals surface area contributed by atoms with Crippen molar-refractivity contribution in [3.63, 3.8) is 0 Å². The topological polar surface area (TPSA) is 53.8 Å². The van der Waals surface area contributed by atoms with Crippen molar-refractivity contribution in [2.45, 2.75) is 32.0 Å². The first kappa shape index (κ1) is 20.6. The molecule has 0 amide bonds. The Morgan fingerprint density at radius 1 is 1.07 bits per heavy atom. The van der Waals surface area contributed by atoms with Gasteiger partial charge in [0.15, 0.2) is 0 Å². The Hall–Kier alpha value is -2.63. The van der Waals surface area contributed by atoms with E-state index in [0.717, 1.165) is 39.0 Å². The number of nitrogens with zero attached hydrogens (tertiary/aromatic N) is 1. The summed E-state index contributed by atoms with van der Waals surface area (Å²) < 4.78 is 6.52. The first-order valence-electron chi connectivity index (χ1n) is 10.1. The molecule has 0 saturated heterocycles. The van der Waals surface area contributed by atoms with Gasteiger partial charge in [0.1, 0.15) is 17.7 Å². The number of hydrogen-bond acceptors (Lipinski definition) is 4. The summed E-state index contributed by atoms with van der Waals surface area (Å²) in [6.07, 6.45) is 1.41. The molecule has 3 aromatic carbocycles. The third-order valence-corrected chi connectivity index (χ3v) is 6.03. The van der Waals surface area contributed by atoms with Gasteiger partial charge in [0.2, 0.25) is 0 Å². The van der Waals surface area contributed by atoms with Crippen LogP contribution in [0.5, 0.6) is 11.5 Å². The number of nitrogens with one attached hydrogen (secondary N) is 1. The summed E-state index contributed by atoms with van der Waals surface area (Å²) in [5.74, 6) is 1.07. The molecule has 2 atom stereocenters. The molecule has 2 N–H and O–H groups in total. The lowest BCUT2D eigenvalue weighted by atomic mass is 9.93. The monoisotopic (exact) mass is 464 g/mol. The molecule has 0 bridgehead atoms. The van der Waals surface area contributed by atoms with Crippen molar-refractivity contribution in [3.05, 3.63) is 93.5 Å². The third-order valence-electron chi connectivity index (χ3n) is 5.54. The summed E-state index contributed by atoms with van der Waals surface area (Å²) in [5, 5.41) is 14.1. The second kappa shape index (κ2) is 9.02. The van der Waals surface area contributed by atoms with Crippen molar-refractivity contribution in [3.8, 4) is 11.5 Å². The van der Waals surface area contributed by atoms with Crippen molar-refractivity contribution < 1.29 is 9.84 Å². The van der Waals surface area contributed by atoms with Crippen LogP contribution in [0.3, 0.4) is 0 Å². The van der Waals surface area contributed by atoms with Crippen molar-refractivity contribution in [2.24, 2.45) is 4.99 Å². The number of halogens is 1. The summed E-state index contributed by atoms with van der Waals surface area (Å²) in [4.78, 5) is 5.05. The average molecular weight is 465 g/mol. The maximum atomic E-state index is 10.5. The minimum absolute atomic E-state index is 0.0873. The van der Waals surface area contributed by atoms with Gasteiger partial charge in [-0.3, -0.25) is 10.3 Å². The van der Waals surface area contributed by atoms with Crippen LogP contribution in [0.4, 0.5) is 0 Å². The number of para-hydroxylation sites is 1. The van der Waals surface area contributed by atoms with E-state index in [0.29, 0.717) is 6.42 Å². The van der Waals surface area contributed by atoms with Gasteiger partial charge in [-0.25, -0.2) is 0 Å². The van der Waals surface area contributed by atoms with Crippen LogP contribution >= 0.6 is 15.9 Å². The van der Waals surface area contributed by atoms with Crippen LogP contribution in [0.15, 0.2) is 76.2 Å². The van der Waals surface area contributed by atoms with Gasteiger partial charge in [0.25, 0.3) is 0 Å². The largest absolute Gasteiger partial charge is 0.508 e. The maximum absolute atomic E-state index is 10.5. The Morgan fingerprint density at radius 2 is 1.83 bits per heavy atom. The highest BCUT2D eigenvalue weighted by atomic mass is 79.9. The predicted molar refractivity (Wildman–Crippen MR) is 124 cm³/mol. The lowest BCUT2D eigenvalue weighted by Gasteiger charge is -2.31. The predicted octanol–water partition coefficient (Wildman–Crippen LogP) is 5.95. The second-order valence-electron chi connectivity index (χ2n) is 7.40. The number of benzene rings is 3. The summed E-state index contributed by atoms with van der Waals surface area (Å²) in [7, 11) is 1.67. The van der Waals surface area contributed by atoms with Crippen LogP contribution in [0.2, 0.25) is 0 Å². The third kappa shape index (κ3) is 4.27. The van der Waals surface area contributed by atoms with E-state index in [1.54, 1.807) is 13.2 Å². The summed E-state index contributed by atoms with van der Waals surface area (Å²) in [6.45, 7) is 2.15. The molecule has 0 aromatic heterocycles. The molecule has 30 heavy (non-hydrogen) atoms. The fraction of sp³-hybridized carbons (Fsp3) is 0.240. The molecule has 0 spiro atoms. The summed E-state index contributed by atoms with van der Waals surface area (Å²) in [5.41, 5.74) is 5.24. The standard InChI is InChI=1S/C25H25BrN2O2/c1-3-16-8-10-17(11-9-16)21-15-22(20-14-18(26)12-13-23(20)29)28-25(27-21)19-6-4-5-7-24(19)30-2/h4-14,22,25,28-29H,3,15H2,1-2H3/t22-,25-/m0/s1. The van der Waals surface area contributed by atoms with E-state index in [-0.39, 0.29) is 18.0 Å². The van der Waals surface area contributed by atoms with Gasteiger partial charge in [0.05, 0.1) is 7.11 Å². The number of ether oxygens (including phenoxy) is 1. The summed E-state index contributed by atoms with van der Waals surface area (Å²) in [6, 6.07) is 22.0. The van der Waals surface area contributed by atoms with Crippen molar-refractivity contribution >= 4 is 21.6 Å².